The molecule has 12 heteroatoms. The van der Waals surface area contributed by atoms with Crippen LogP contribution in [0.5, 0.6) is 0 Å². The lowest BCUT2D eigenvalue weighted by Gasteiger charge is -2.46. The zero-order valence-electron chi connectivity index (χ0n) is 22.3. The van der Waals surface area contributed by atoms with E-state index in [-0.39, 0.29) is 46.0 Å². The zero-order valence-corrected chi connectivity index (χ0v) is 22.3. The molecule has 5 heterocycles. The average molecular weight is 554 g/mol. The molecule has 6 rings (SSSR count). The van der Waals surface area contributed by atoms with Crippen LogP contribution in [0, 0.1) is 0 Å². The van der Waals surface area contributed by atoms with E-state index >= 15 is 0 Å². The SMILES string of the molecule is CC(C)(C)OC(=O)Nc1ccc(CCN2c3nc(N4C[C@@H]5CCC4CO5)cc(=O)n3CC[C@H]2C(F)(F)F)cc1.[HH].[HH]. The van der Waals surface area contributed by atoms with E-state index < -0.39 is 23.9 Å². The first-order chi connectivity index (χ1) is 18.4. The van der Waals surface area contributed by atoms with Crippen molar-refractivity contribution in [2.24, 2.45) is 0 Å². The predicted molar refractivity (Wildman–Crippen MR) is 145 cm³/mol. The second kappa shape index (κ2) is 10.4. The van der Waals surface area contributed by atoms with E-state index in [9.17, 15) is 22.8 Å². The molecule has 0 aliphatic carbocycles. The Kier molecular flexibility index (Phi) is 7.25. The van der Waals surface area contributed by atoms with Crippen molar-refractivity contribution in [3.63, 3.8) is 0 Å². The number of piperidine rings is 1. The van der Waals surface area contributed by atoms with Crippen LogP contribution in [0.3, 0.4) is 0 Å². The van der Waals surface area contributed by atoms with Gasteiger partial charge in [-0.3, -0.25) is 14.7 Å². The van der Waals surface area contributed by atoms with E-state index in [2.05, 4.69) is 10.3 Å². The maximum atomic E-state index is 14.1. The van der Waals surface area contributed by atoms with E-state index in [1.807, 2.05) is 4.90 Å². The molecule has 2 aromatic rings. The van der Waals surface area contributed by atoms with Gasteiger partial charge in [-0.2, -0.15) is 18.2 Å². The number of amides is 1. The Morgan fingerprint density at radius 1 is 1.18 bits per heavy atom. The number of rotatable bonds is 5. The summed E-state index contributed by atoms with van der Waals surface area (Å²) in [5, 5.41) is 2.64. The molecule has 0 spiro atoms. The third-order valence-corrected chi connectivity index (χ3v) is 7.33. The fourth-order valence-electron chi connectivity index (χ4n) is 5.46. The number of nitrogens with zero attached hydrogens (tertiary/aromatic N) is 4. The fourth-order valence-corrected chi connectivity index (χ4v) is 5.46. The maximum absolute atomic E-state index is 14.1. The van der Waals surface area contributed by atoms with Gasteiger partial charge >= 0.3 is 12.3 Å². The molecule has 216 valence electrons. The van der Waals surface area contributed by atoms with Gasteiger partial charge in [-0.15, -0.1) is 0 Å². The third kappa shape index (κ3) is 6.15. The van der Waals surface area contributed by atoms with Gasteiger partial charge in [0.1, 0.15) is 17.5 Å². The number of hydrogen-bond acceptors (Lipinski definition) is 7. The van der Waals surface area contributed by atoms with Gasteiger partial charge in [0.2, 0.25) is 5.95 Å². The number of anilines is 3. The van der Waals surface area contributed by atoms with Gasteiger partial charge in [0, 0.05) is 34.2 Å². The van der Waals surface area contributed by atoms with Crippen molar-refractivity contribution in [3.05, 3.63) is 46.2 Å². The number of ether oxygens (including phenoxy) is 2. The summed E-state index contributed by atoms with van der Waals surface area (Å²) in [6.45, 7) is 6.38. The van der Waals surface area contributed by atoms with E-state index in [1.54, 1.807) is 45.0 Å². The predicted octanol–water partition coefficient (Wildman–Crippen LogP) is 4.83. The first-order valence-electron chi connectivity index (χ1n) is 13.3. The van der Waals surface area contributed by atoms with Crippen molar-refractivity contribution in [2.45, 2.75) is 83.0 Å². The van der Waals surface area contributed by atoms with Gasteiger partial charge < -0.3 is 19.3 Å². The molecule has 1 N–H and O–H groups in total. The molecule has 1 amide bonds. The Morgan fingerprint density at radius 2 is 1.92 bits per heavy atom. The van der Waals surface area contributed by atoms with Crippen molar-refractivity contribution < 1.29 is 30.3 Å². The molecule has 0 saturated carbocycles. The lowest BCUT2D eigenvalue weighted by molar-refractivity contribution is -0.152. The van der Waals surface area contributed by atoms with Gasteiger partial charge in [-0.05, 0) is 64.2 Å². The summed E-state index contributed by atoms with van der Waals surface area (Å²) in [7, 11) is 0. The van der Waals surface area contributed by atoms with E-state index in [4.69, 9.17) is 9.47 Å². The van der Waals surface area contributed by atoms with E-state index in [0.29, 0.717) is 31.1 Å². The molecule has 3 atom stereocenters. The first-order valence-corrected chi connectivity index (χ1v) is 13.3. The highest BCUT2D eigenvalue weighted by Crippen LogP contribution is 2.36. The molecular formula is C27H38F3N5O4. The van der Waals surface area contributed by atoms with Crippen molar-refractivity contribution >= 4 is 23.5 Å². The number of nitrogens with one attached hydrogen (secondary N) is 1. The molecule has 4 aliphatic rings. The second-order valence-electron chi connectivity index (χ2n) is 11.4. The summed E-state index contributed by atoms with van der Waals surface area (Å²) in [5.74, 6) is 0.464. The topological polar surface area (TPSA) is 88.9 Å². The standard InChI is InChI=1S/C27H34F3N5O4.2H2/c1-26(2,3)39-25(37)31-18-6-4-17(5-7-18)10-12-33-21(27(28,29)30)11-13-34-23(36)14-22(32-24(33)34)35-15-20-9-8-19(35)16-38-20;;/h4-7,14,19-21H,8-13,15-16H2,1-3H3,(H,31,37);2*1H/t19?,20-,21-;;/m0../s1. The second-order valence-corrected chi connectivity index (χ2v) is 11.4. The molecule has 4 aliphatic heterocycles. The highest BCUT2D eigenvalue weighted by molar-refractivity contribution is 5.84. The summed E-state index contributed by atoms with van der Waals surface area (Å²) in [4.78, 5) is 32.9. The van der Waals surface area contributed by atoms with Crippen LogP contribution in [0.4, 0.5) is 35.4 Å². The molecule has 3 fully saturated rings. The van der Waals surface area contributed by atoms with Gasteiger partial charge in [-0.1, -0.05) is 12.1 Å². The quantitative estimate of drug-likeness (QED) is 0.567. The van der Waals surface area contributed by atoms with Crippen molar-refractivity contribution in [3.8, 4) is 0 Å². The lowest BCUT2D eigenvalue weighted by Crippen LogP contribution is -2.56. The highest BCUT2D eigenvalue weighted by atomic mass is 19.4. The summed E-state index contributed by atoms with van der Waals surface area (Å²) in [6.07, 6.45) is -3.12. The Morgan fingerprint density at radius 3 is 2.51 bits per heavy atom. The summed E-state index contributed by atoms with van der Waals surface area (Å²) in [5.41, 5.74) is 0.315. The number of carbonyl (C=O) groups excluding carboxylic acids is 1. The fraction of sp³-hybridized carbons (Fsp3) is 0.593. The van der Waals surface area contributed by atoms with Crippen LogP contribution in [0.15, 0.2) is 35.1 Å². The van der Waals surface area contributed by atoms with Gasteiger partial charge in [0.25, 0.3) is 5.56 Å². The molecule has 1 unspecified atom stereocenters. The number of alkyl halides is 3. The average Bonchev–Trinajstić information content (AvgIpc) is 2.87. The number of halogens is 3. The van der Waals surface area contributed by atoms with Crippen LogP contribution in [0.25, 0.3) is 0 Å². The summed E-state index contributed by atoms with van der Waals surface area (Å²) in [6, 6.07) is 6.62. The van der Waals surface area contributed by atoms with Crippen LogP contribution >= 0.6 is 0 Å². The molecule has 3 saturated heterocycles. The highest BCUT2D eigenvalue weighted by Gasteiger charge is 2.47. The molecule has 9 nitrogen and oxygen atoms in total. The van der Waals surface area contributed by atoms with Gasteiger partial charge in [-0.25, -0.2) is 4.79 Å². The smallest absolute Gasteiger partial charge is 0.412 e. The van der Waals surface area contributed by atoms with E-state index in [1.165, 1.54) is 15.5 Å². The van der Waals surface area contributed by atoms with Crippen LogP contribution in [0.1, 0.15) is 48.5 Å². The number of aromatic nitrogens is 2. The van der Waals surface area contributed by atoms with Crippen molar-refractivity contribution in [1.82, 2.24) is 9.55 Å². The van der Waals surface area contributed by atoms with Gasteiger partial charge in [0.05, 0.1) is 18.8 Å². The number of benzene rings is 1. The molecular weight excluding hydrogens is 515 g/mol. The Labute approximate surface area is 227 Å². The van der Waals surface area contributed by atoms with Crippen molar-refractivity contribution in [1.29, 1.82) is 0 Å². The number of morpholine rings is 1. The minimum Gasteiger partial charge on any atom is -0.444 e. The molecule has 39 heavy (non-hydrogen) atoms. The first kappa shape index (κ1) is 27.3. The summed E-state index contributed by atoms with van der Waals surface area (Å²) >= 11 is 0. The number of fused-ring (bicyclic) bond motifs is 4. The van der Waals surface area contributed by atoms with Crippen LogP contribution < -0.4 is 20.7 Å². The van der Waals surface area contributed by atoms with Crippen LogP contribution in [-0.2, 0) is 22.4 Å². The Bertz CT molecular complexity index is 1260. The van der Waals surface area contributed by atoms with Crippen LogP contribution in [0.2, 0.25) is 0 Å². The largest absolute Gasteiger partial charge is 0.444 e. The maximum Gasteiger partial charge on any atom is 0.412 e. The third-order valence-electron chi connectivity index (χ3n) is 7.33. The molecule has 2 bridgehead atoms. The number of hydrogen-bond donors (Lipinski definition) is 1. The summed E-state index contributed by atoms with van der Waals surface area (Å²) < 4.78 is 54.8. The molecule has 1 aromatic carbocycles. The minimum atomic E-state index is -4.47. The Hall–Kier alpha value is -3.28. The lowest BCUT2D eigenvalue weighted by atomic mass is 9.97. The number of carbonyl (C=O) groups is 1. The van der Waals surface area contributed by atoms with Gasteiger partial charge in [0.15, 0.2) is 0 Å². The van der Waals surface area contributed by atoms with E-state index in [0.717, 1.165) is 18.4 Å². The Balaban J connectivity index is 0.00000231. The molecule has 1 aromatic heterocycles. The molecule has 0 radical (unpaired) electrons. The van der Waals surface area contributed by atoms with Crippen molar-refractivity contribution in [2.75, 3.05) is 34.8 Å². The minimum absolute atomic E-state index is 0. The monoisotopic (exact) mass is 553 g/mol. The normalized spacial score (nSPS) is 23.0. The zero-order chi connectivity index (χ0) is 27.9. The van der Waals surface area contributed by atoms with Crippen LogP contribution in [-0.4, -0.2) is 65.3 Å².